The summed E-state index contributed by atoms with van der Waals surface area (Å²) in [4.78, 5) is 0. The second kappa shape index (κ2) is 10.0. The van der Waals surface area contributed by atoms with E-state index in [1.54, 1.807) is 0 Å². The molecule has 0 unspecified atom stereocenters. The topological polar surface area (TPSA) is 77.1 Å². The van der Waals surface area contributed by atoms with Crippen LogP contribution in [-0.2, 0) is 21.4 Å². The van der Waals surface area contributed by atoms with Crippen molar-refractivity contribution in [2.24, 2.45) is 0 Å². The number of hydrogen-bond acceptors (Lipinski definition) is 5. The normalized spacial score (nSPS) is 26.2. The second-order valence-corrected chi connectivity index (χ2v) is 10.8. The molecule has 0 bridgehead atoms. The van der Waals surface area contributed by atoms with Crippen LogP contribution >= 0.6 is 0 Å². The standard InChI is InChI=1S/C25H32N2O5S/c28-33(29,27-14-16-30-17-15-27)26-21-7-9-22(10-8-21)31-23-11-13-25-20(18-23)6-12-24(32-25)19-4-2-1-3-5-19/h1-5,11,13,18,21-22,24,26H,6-10,12,14-17H2/t21-,22-,24-/m0/s1. The summed E-state index contributed by atoms with van der Waals surface area (Å²) in [5, 5.41) is 0. The molecule has 0 aromatic heterocycles. The van der Waals surface area contributed by atoms with Gasteiger partial charge in [-0.1, -0.05) is 30.3 Å². The van der Waals surface area contributed by atoms with E-state index in [0.29, 0.717) is 26.3 Å². The zero-order chi connectivity index (χ0) is 22.7. The van der Waals surface area contributed by atoms with Gasteiger partial charge in [0.25, 0.3) is 10.2 Å². The second-order valence-electron chi connectivity index (χ2n) is 9.05. The molecule has 7 nitrogen and oxygen atoms in total. The van der Waals surface area contributed by atoms with Crippen molar-refractivity contribution >= 4 is 10.2 Å². The molecule has 1 saturated heterocycles. The minimum Gasteiger partial charge on any atom is -0.490 e. The lowest BCUT2D eigenvalue weighted by molar-refractivity contribution is 0.0719. The van der Waals surface area contributed by atoms with Crippen molar-refractivity contribution in [2.75, 3.05) is 26.3 Å². The summed E-state index contributed by atoms with van der Waals surface area (Å²) in [5.74, 6) is 1.80. The molecule has 3 aliphatic rings. The van der Waals surface area contributed by atoms with Crippen molar-refractivity contribution in [3.63, 3.8) is 0 Å². The van der Waals surface area contributed by atoms with E-state index in [-0.39, 0.29) is 18.2 Å². The van der Waals surface area contributed by atoms with Crippen molar-refractivity contribution in [3.05, 3.63) is 59.7 Å². The van der Waals surface area contributed by atoms with E-state index in [4.69, 9.17) is 14.2 Å². The van der Waals surface area contributed by atoms with E-state index in [1.807, 2.05) is 30.3 Å². The number of benzene rings is 2. The molecule has 2 heterocycles. The average Bonchev–Trinajstić information content (AvgIpc) is 2.86. The van der Waals surface area contributed by atoms with Gasteiger partial charge >= 0.3 is 0 Å². The predicted molar refractivity (Wildman–Crippen MR) is 126 cm³/mol. The van der Waals surface area contributed by atoms with E-state index in [1.165, 1.54) is 15.4 Å². The van der Waals surface area contributed by atoms with E-state index in [0.717, 1.165) is 50.0 Å². The van der Waals surface area contributed by atoms with Gasteiger partial charge in [0.1, 0.15) is 17.6 Å². The number of nitrogens with one attached hydrogen (secondary N) is 1. The number of nitrogens with zero attached hydrogens (tertiary/aromatic N) is 1. The van der Waals surface area contributed by atoms with E-state index >= 15 is 0 Å². The van der Waals surface area contributed by atoms with Gasteiger partial charge in [0.05, 0.1) is 19.3 Å². The van der Waals surface area contributed by atoms with Crippen molar-refractivity contribution in [3.8, 4) is 11.5 Å². The van der Waals surface area contributed by atoms with Crippen LogP contribution in [0, 0.1) is 0 Å². The van der Waals surface area contributed by atoms with Crippen molar-refractivity contribution in [1.82, 2.24) is 9.03 Å². The van der Waals surface area contributed by atoms with Gasteiger partial charge in [-0.2, -0.15) is 17.4 Å². The SMILES string of the molecule is O=S(=O)(N[C@H]1CC[C@H](Oc2ccc3c(c2)CC[C@@H](c2ccccc2)O3)CC1)N1CCOCC1. The Balaban J connectivity index is 1.13. The first kappa shape index (κ1) is 22.7. The van der Waals surface area contributed by atoms with E-state index in [9.17, 15) is 8.42 Å². The third kappa shape index (κ3) is 5.51. The number of fused-ring (bicyclic) bond motifs is 1. The highest BCUT2D eigenvalue weighted by molar-refractivity contribution is 7.87. The maximum absolute atomic E-state index is 12.6. The predicted octanol–water partition coefficient (Wildman–Crippen LogP) is 3.61. The number of ether oxygens (including phenoxy) is 3. The largest absolute Gasteiger partial charge is 0.490 e. The first-order valence-corrected chi connectivity index (χ1v) is 13.4. The van der Waals surface area contributed by atoms with Gasteiger partial charge in [-0.05, 0) is 67.9 Å². The molecule has 0 amide bonds. The fourth-order valence-corrected chi connectivity index (χ4v) is 6.34. The fourth-order valence-electron chi connectivity index (χ4n) is 4.90. The molecule has 33 heavy (non-hydrogen) atoms. The Hall–Kier alpha value is -2.13. The number of hydrogen-bond donors (Lipinski definition) is 1. The molecule has 2 fully saturated rings. The Morgan fingerprint density at radius 3 is 2.45 bits per heavy atom. The molecule has 1 aliphatic carbocycles. The quantitative estimate of drug-likeness (QED) is 0.695. The molecule has 1 saturated carbocycles. The van der Waals surface area contributed by atoms with Gasteiger partial charge in [0.2, 0.25) is 0 Å². The third-order valence-corrected chi connectivity index (χ3v) is 8.43. The summed E-state index contributed by atoms with van der Waals surface area (Å²) in [6, 6.07) is 16.4. The Morgan fingerprint density at radius 2 is 1.70 bits per heavy atom. The van der Waals surface area contributed by atoms with Gasteiger partial charge in [0, 0.05) is 19.1 Å². The molecular formula is C25H32N2O5S. The lowest BCUT2D eigenvalue weighted by Crippen LogP contribution is -2.50. The molecule has 2 aromatic carbocycles. The summed E-state index contributed by atoms with van der Waals surface area (Å²) in [6.07, 6.45) is 5.34. The average molecular weight is 473 g/mol. The van der Waals surface area contributed by atoms with E-state index in [2.05, 4.69) is 22.9 Å². The first-order chi connectivity index (χ1) is 16.1. The Labute approximate surface area is 196 Å². The molecule has 1 atom stereocenters. The molecule has 0 spiro atoms. The van der Waals surface area contributed by atoms with Crippen LogP contribution in [-0.4, -0.2) is 51.2 Å². The first-order valence-electron chi connectivity index (χ1n) is 11.9. The van der Waals surface area contributed by atoms with Gasteiger partial charge in [-0.3, -0.25) is 0 Å². The molecule has 5 rings (SSSR count). The zero-order valence-electron chi connectivity index (χ0n) is 18.8. The molecule has 1 N–H and O–H groups in total. The van der Waals surface area contributed by atoms with Crippen LogP contribution in [0.25, 0.3) is 0 Å². The summed E-state index contributed by atoms with van der Waals surface area (Å²) >= 11 is 0. The highest BCUT2D eigenvalue weighted by Crippen LogP contribution is 2.37. The summed E-state index contributed by atoms with van der Waals surface area (Å²) < 4.78 is 47.3. The van der Waals surface area contributed by atoms with Gasteiger partial charge in [-0.25, -0.2) is 0 Å². The molecule has 178 valence electrons. The maximum atomic E-state index is 12.6. The lowest BCUT2D eigenvalue weighted by Gasteiger charge is -2.32. The van der Waals surface area contributed by atoms with Gasteiger partial charge in [-0.15, -0.1) is 0 Å². The monoisotopic (exact) mass is 472 g/mol. The van der Waals surface area contributed by atoms with Gasteiger partial charge < -0.3 is 14.2 Å². The van der Waals surface area contributed by atoms with Crippen LogP contribution in [0.4, 0.5) is 0 Å². The lowest BCUT2D eigenvalue weighted by atomic mass is 9.93. The summed E-state index contributed by atoms with van der Waals surface area (Å²) in [6.45, 7) is 1.75. The molecule has 2 aliphatic heterocycles. The van der Waals surface area contributed by atoms with Crippen LogP contribution in [0.2, 0.25) is 0 Å². The van der Waals surface area contributed by atoms with Crippen LogP contribution < -0.4 is 14.2 Å². The minimum absolute atomic E-state index is 0.0375. The number of rotatable bonds is 6. The minimum atomic E-state index is -3.45. The highest BCUT2D eigenvalue weighted by atomic mass is 32.2. The van der Waals surface area contributed by atoms with Crippen LogP contribution in [0.1, 0.15) is 49.3 Å². The number of aryl methyl sites for hydroxylation is 1. The maximum Gasteiger partial charge on any atom is 0.279 e. The van der Waals surface area contributed by atoms with Crippen LogP contribution in [0.5, 0.6) is 11.5 Å². The van der Waals surface area contributed by atoms with Crippen LogP contribution in [0.15, 0.2) is 48.5 Å². The summed E-state index contributed by atoms with van der Waals surface area (Å²) in [5.41, 5.74) is 2.40. The molecular weight excluding hydrogens is 440 g/mol. The van der Waals surface area contributed by atoms with Crippen molar-refractivity contribution in [2.45, 2.75) is 56.8 Å². The number of morpholine rings is 1. The summed E-state index contributed by atoms with van der Waals surface area (Å²) in [7, 11) is -3.45. The molecule has 2 aromatic rings. The highest BCUT2D eigenvalue weighted by Gasteiger charge is 2.30. The smallest absolute Gasteiger partial charge is 0.279 e. The molecule has 8 heteroatoms. The van der Waals surface area contributed by atoms with Crippen molar-refractivity contribution < 1.29 is 22.6 Å². The molecule has 0 radical (unpaired) electrons. The third-order valence-electron chi connectivity index (χ3n) is 6.75. The Bertz CT molecular complexity index is 1030. The van der Waals surface area contributed by atoms with E-state index < -0.39 is 10.2 Å². The van der Waals surface area contributed by atoms with Gasteiger partial charge in [0.15, 0.2) is 0 Å². The Kier molecular flexibility index (Phi) is 6.87. The fraction of sp³-hybridized carbons (Fsp3) is 0.520. The van der Waals surface area contributed by atoms with Crippen LogP contribution in [0.3, 0.4) is 0 Å². The Morgan fingerprint density at radius 1 is 0.939 bits per heavy atom. The van der Waals surface area contributed by atoms with Crippen molar-refractivity contribution in [1.29, 1.82) is 0 Å². The zero-order valence-corrected chi connectivity index (χ0v) is 19.6.